The highest BCUT2D eigenvalue weighted by molar-refractivity contribution is 6.34. The highest BCUT2D eigenvalue weighted by atomic mass is 35.5. The van der Waals surface area contributed by atoms with Gasteiger partial charge >= 0.3 is 6.18 Å². The zero-order valence-electron chi connectivity index (χ0n) is 15.4. The molecule has 30 heavy (non-hydrogen) atoms. The Labute approximate surface area is 175 Å². The van der Waals surface area contributed by atoms with Crippen LogP contribution in [0.25, 0.3) is 22.0 Å². The van der Waals surface area contributed by atoms with Crippen molar-refractivity contribution in [2.24, 2.45) is 0 Å². The van der Waals surface area contributed by atoms with E-state index in [4.69, 9.17) is 11.6 Å². The lowest BCUT2D eigenvalue weighted by molar-refractivity contribution is -0.136. The van der Waals surface area contributed by atoms with Crippen molar-refractivity contribution in [2.45, 2.75) is 6.18 Å². The third kappa shape index (κ3) is 3.74. The molecule has 3 aromatic carbocycles. The maximum absolute atomic E-state index is 13.5. The van der Waals surface area contributed by atoms with Crippen molar-refractivity contribution in [3.63, 3.8) is 0 Å². The summed E-state index contributed by atoms with van der Waals surface area (Å²) in [6.45, 7) is 0. The minimum absolute atomic E-state index is 0.146. The number of para-hydroxylation sites is 2. The fraction of sp³-hybridized carbons (Fsp3) is 0.0435. The monoisotopic (exact) mass is 426 g/mol. The van der Waals surface area contributed by atoms with Crippen LogP contribution in [0, 0.1) is 0 Å². The number of aromatic nitrogens is 1. The van der Waals surface area contributed by atoms with E-state index in [1.54, 1.807) is 54.6 Å². The molecule has 0 bridgehead atoms. The fourth-order valence-corrected chi connectivity index (χ4v) is 3.48. The Bertz CT molecular complexity index is 1240. The van der Waals surface area contributed by atoms with E-state index < -0.39 is 17.6 Å². The van der Waals surface area contributed by atoms with Crippen LogP contribution < -0.4 is 5.32 Å². The van der Waals surface area contributed by atoms with Gasteiger partial charge in [0, 0.05) is 17.1 Å². The third-order valence-corrected chi connectivity index (χ3v) is 4.96. The number of hydrogen-bond donors (Lipinski definition) is 1. The van der Waals surface area contributed by atoms with Gasteiger partial charge in [0.2, 0.25) is 0 Å². The van der Waals surface area contributed by atoms with Gasteiger partial charge in [-0.1, -0.05) is 66.2 Å². The molecule has 0 saturated heterocycles. The first-order chi connectivity index (χ1) is 14.4. The second-order valence-electron chi connectivity index (χ2n) is 6.55. The molecule has 0 aliphatic carbocycles. The minimum atomic E-state index is -4.57. The Kier molecular flexibility index (Phi) is 5.18. The molecule has 4 rings (SSSR count). The van der Waals surface area contributed by atoms with Crippen LogP contribution in [0.15, 0.2) is 79.0 Å². The molecule has 3 nitrogen and oxygen atoms in total. The molecular weight excluding hydrogens is 413 g/mol. The van der Waals surface area contributed by atoms with E-state index in [1.165, 1.54) is 18.3 Å². The second-order valence-corrected chi connectivity index (χ2v) is 6.95. The predicted octanol–water partition coefficient (Wildman–Crippen LogP) is 6.83. The van der Waals surface area contributed by atoms with Crippen molar-refractivity contribution in [1.82, 2.24) is 4.98 Å². The molecule has 0 unspecified atom stereocenters. The molecule has 150 valence electrons. The van der Waals surface area contributed by atoms with E-state index in [2.05, 4.69) is 10.3 Å². The zero-order valence-corrected chi connectivity index (χ0v) is 16.1. The van der Waals surface area contributed by atoms with Gasteiger partial charge in [0.1, 0.15) is 0 Å². The summed E-state index contributed by atoms with van der Waals surface area (Å²) in [5, 5.41) is 3.30. The summed E-state index contributed by atoms with van der Waals surface area (Å²) >= 11 is 6.12. The molecule has 0 aliphatic rings. The number of carbonyl (C=O) groups is 1. The van der Waals surface area contributed by atoms with E-state index in [-0.39, 0.29) is 16.5 Å². The summed E-state index contributed by atoms with van der Waals surface area (Å²) in [6, 6.07) is 19.3. The van der Waals surface area contributed by atoms with E-state index in [0.717, 1.165) is 6.07 Å². The zero-order chi connectivity index (χ0) is 21.3. The van der Waals surface area contributed by atoms with E-state index in [1.807, 2.05) is 0 Å². The molecule has 4 aromatic rings. The molecule has 1 heterocycles. The van der Waals surface area contributed by atoms with E-state index in [9.17, 15) is 18.0 Å². The number of fused-ring (bicyclic) bond motifs is 1. The van der Waals surface area contributed by atoms with Gasteiger partial charge in [-0.25, -0.2) is 0 Å². The molecule has 7 heteroatoms. The van der Waals surface area contributed by atoms with Gasteiger partial charge in [0.15, 0.2) is 0 Å². The van der Waals surface area contributed by atoms with Crippen LogP contribution in [0.5, 0.6) is 0 Å². The molecule has 0 radical (unpaired) electrons. The Hall–Kier alpha value is -3.38. The normalized spacial score (nSPS) is 11.5. The lowest BCUT2D eigenvalue weighted by Gasteiger charge is -2.16. The van der Waals surface area contributed by atoms with Crippen molar-refractivity contribution in [3.8, 4) is 11.1 Å². The Balaban J connectivity index is 1.94. The Morgan fingerprint density at radius 1 is 0.900 bits per heavy atom. The van der Waals surface area contributed by atoms with Crippen molar-refractivity contribution in [1.29, 1.82) is 0 Å². The quantitative estimate of drug-likeness (QED) is 0.390. The van der Waals surface area contributed by atoms with Crippen LogP contribution in [0.1, 0.15) is 15.9 Å². The molecule has 0 fully saturated rings. The highest BCUT2D eigenvalue weighted by Gasteiger charge is 2.34. The number of nitrogens with zero attached hydrogens (tertiary/aromatic N) is 1. The van der Waals surface area contributed by atoms with Gasteiger partial charge in [-0.15, -0.1) is 0 Å². The Morgan fingerprint density at radius 2 is 1.60 bits per heavy atom. The standard InChI is InChI=1S/C23H14ClF3N2O/c24-18-11-4-5-12-19(18)29-22(30)16-13-28-21-15(9-6-10-17(21)23(25,26)27)20(16)14-7-2-1-3-8-14/h1-13H,(H,29,30). The molecule has 0 saturated carbocycles. The number of rotatable bonds is 3. The summed E-state index contributed by atoms with van der Waals surface area (Å²) in [4.78, 5) is 17.1. The Morgan fingerprint density at radius 3 is 2.30 bits per heavy atom. The van der Waals surface area contributed by atoms with Crippen LogP contribution >= 0.6 is 11.6 Å². The van der Waals surface area contributed by atoms with Gasteiger partial charge in [-0.2, -0.15) is 13.2 Å². The number of benzene rings is 3. The van der Waals surface area contributed by atoms with Gasteiger partial charge in [-0.3, -0.25) is 9.78 Å². The van der Waals surface area contributed by atoms with Crippen LogP contribution in [-0.4, -0.2) is 10.9 Å². The third-order valence-electron chi connectivity index (χ3n) is 4.63. The number of anilines is 1. The average Bonchev–Trinajstić information content (AvgIpc) is 2.74. The maximum Gasteiger partial charge on any atom is 0.418 e. The SMILES string of the molecule is O=C(Nc1ccccc1Cl)c1cnc2c(C(F)(F)F)cccc2c1-c1ccccc1. The molecule has 1 N–H and O–H groups in total. The van der Waals surface area contributed by atoms with Gasteiger partial charge in [0.25, 0.3) is 5.91 Å². The first-order valence-electron chi connectivity index (χ1n) is 8.96. The summed E-state index contributed by atoms with van der Waals surface area (Å²) in [5.41, 5.74) is 0.457. The van der Waals surface area contributed by atoms with Crippen LogP contribution in [0.3, 0.4) is 0 Å². The number of hydrogen-bond acceptors (Lipinski definition) is 2. The van der Waals surface area contributed by atoms with Crippen molar-refractivity contribution in [2.75, 3.05) is 5.32 Å². The summed E-state index contributed by atoms with van der Waals surface area (Å²) in [7, 11) is 0. The average molecular weight is 427 g/mol. The molecular formula is C23H14ClF3N2O. The van der Waals surface area contributed by atoms with E-state index in [0.29, 0.717) is 21.8 Å². The molecule has 0 spiro atoms. The number of nitrogens with one attached hydrogen (secondary N) is 1. The van der Waals surface area contributed by atoms with Gasteiger partial charge in [-0.05, 0) is 23.8 Å². The molecule has 1 amide bonds. The van der Waals surface area contributed by atoms with Crippen molar-refractivity contribution >= 4 is 34.1 Å². The number of carbonyl (C=O) groups excluding carboxylic acids is 1. The lowest BCUT2D eigenvalue weighted by Crippen LogP contribution is -2.15. The minimum Gasteiger partial charge on any atom is -0.321 e. The summed E-state index contributed by atoms with van der Waals surface area (Å²) in [5.74, 6) is -0.520. The maximum atomic E-state index is 13.5. The van der Waals surface area contributed by atoms with E-state index >= 15 is 0 Å². The van der Waals surface area contributed by atoms with Crippen molar-refractivity contribution < 1.29 is 18.0 Å². The molecule has 1 aromatic heterocycles. The molecule has 0 aliphatic heterocycles. The van der Waals surface area contributed by atoms with Crippen LogP contribution in [0.4, 0.5) is 18.9 Å². The fourth-order valence-electron chi connectivity index (χ4n) is 3.29. The number of halogens is 4. The highest BCUT2D eigenvalue weighted by Crippen LogP contribution is 2.38. The summed E-state index contributed by atoms with van der Waals surface area (Å²) in [6.07, 6.45) is -3.39. The molecule has 0 atom stereocenters. The van der Waals surface area contributed by atoms with Crippen LogP contribution in [0.2, 0.25) is 5.02 Å². The largest absolute Gasteiger partial charge is 0.418 e. The van der Waals surface area contributed by atoms with Crippen molar-refractivity contribution in [3.05, 3.63) is 95.1 Å². The topological polar surface area (TPSA) is 42.0 Å². The first-order valence-corrected chi connectivity index (χ1v) is 9.34. The van der Waals surface area contributed by atoms with Gasteiger partial charge in [0.05, 0.1) is 27.4 Å². The first kappa shape index (κ1) is 19.9. The predicted molar refractivity (Wildman–Crippen MR) is 112 cm³/mol. The number of alkyl halides is 3. The number of amides is 1. The smallest absolute Gasteiger partial charge is 0.321 e. The van der Waals surface area contributed by atoms with Gasteiger partial charge < -0.3 is 5.32 Å². The lowest BCUT2D eigenvalue weighted by atomic mass is 9.94. The summed E-state index contributed by atoms with van der Waals surface area (Å²) < 4.78 is 40.5. The van der Waals surface area contributed by atoms with Crippen LogP contribution in [-0.2, 0) is 6.18 Å². The second kappa shape index (κ2) is 7.80. The number of pyridine rings is 1.